The van der Waals surface area contributed by atoms with Crippen LogP contribution >= 0.6 is 0 Å². The molecule has 0 N–H and O–H groups in total. The van der Waals surface area contributed by atoms with Crippen LogP contribution in [0.3, 0.4) is 0 Å². The second-order valence-electron chi connectivity index (χ2n) is 18.4. The fourth-order valence-electron chi connectivity index (χ4n) is 8.92. The van der Waals surface area contributed by atoms with Gasteiger partial charge >= 0.3 is 0 Å². The molecular weight excluding hydrogens is 882 g/mol. The Bertz CT molecular complexity index is 2120. The Balaban J connectivity index is 1.20. The number of rotatable bonds is 35. The minimum atomic E-state index is -1.79. The van der Waals surface area contributed by atoms with Crippen LogP contribution in [0, 0.1) is 0 Å². The molecule has 70 heavy (non-hydrogen) atoms. The Morgan fingerprint density at radius 1 is 0.529 bits per heavy atom. The van der Waals surface area contributed by atoms with Crippen LogP contribution in [0.15, 0.2) is 157 Å². The third-order valence-electron chi connectivity index (χ3n) is 12.8. The van der Waals surface area contributed by atoms with E-state index in [2.05, 4.69) is 16.9 Å². The van der Waals surface area contributed by atoms with Gasteiger partial charge in [0.1, 0.15) is 18.3 Å². The van der Waals surface area contributed by atoms with Gasteiger partial charge in [-0.05, 0) is 39.8 Å². The maximum atomic E-state index is 17.4. The SMILES string of the molecule is CCCCCCCCCCCCCC[C@@H](OCc1ccccc1)[C@@H](OCc1ccccc1)[C@H](CO[C@@H]1O[C@H](COCc2ccccc2)[C@H](OCc2ccccc2)[C@H](OCc2ccccc2)[C@H]1F)N=[N+]=[N-]. The zero-order valence-corrected chi connectivity index (χ0v) is 41.3. The first-order chi connectivity index (χ1) is 34.6. The van der Waals surface area contributed by atoms with Crippen LogP contribution in [0.1, 0.15) is 118 Å². The van der Waals surface area contributed by atoms with Gasteiger partial charge in [0.05, 0.1) is 64.5 Å². The van der Waals surface area contributed by atoms with Gasteiger partial charge in [-0.15, -0.1) is 0 Å². The highest BCUT2D eigenvalue weighted by Gasteiger charge is 2.49. The second kappa shape index (κ2) is 32.9. The summed E-state index contributed by atoms with van der Waals surface area (Å²) in [5.74, 6) is 0. The molecule has 1 heterocycles. The topological polar surface area (TPSA) is 113 Å². The maximum absolute atomic E-state index is 17.4. The van der Waals surface area contributed by atoms with Crippen molar-refractivity contribution in [3.63, 3.8) is 0 Å². The molecule has 0 aromatic heterocycles. The number of unbranched alkanes of at least 4 members (excludes halogenated alkanes) is 11. The lowest BCUT2D eigenvalue weighted by atomic mass is 9.98. The normalized spacial score (nSPS) is 19.3. The Labute approximate surface area is 416 Å². The van der Waals surface area contributed by atoms with Crippen LogP contribution in [0.5, 0.6) is 0 Å². The third-order valence-corrected chi connectivity index (χ3v) is 12.8. The van der Waals surface area contributed by atoms with E-state index in [-0.39, 0.29) is 33.0 Å². The van der Waals surface area contributed by atoms with Crippen molar-refractivity contribution in [1.29, 1.82) is 0 Å². The summed E-state index contributed by atoms with van der Waals surface area (Å²) in [6.45, 7) is 3.36. The Morgan fingerprint density at radius 3 is 1.44 bits per heavy atom. The average molecular weight is 958 g/mol. The zero-order valence-electron chi connectivity index (χ0n) is 41.3. The minimum Gasteiger partial charge on any atom is -0.374 e. The molecule has 0 amide bonds. The highest BCUT2D eigenvalue weighted by molar-refractivity contribution is 5.17. The third kappa shape index (κ3) is 19.7. The number of alkyl halides is 1. The van der Waals surface area contributed by atoms with Crippen molar-refractivity contribution in [2.45, 2.75) is 172 Å². The predicted molar refractivity (Wildman–Crippen MR) is 274 cm³/mol. The minimum absolute atomic E-state index is 0.0726. The summed E-state index contributed by atoms with van der Waals surface area (Å²) >= 11 is 0. The molecule has 376 valence electrons. The smallest absolute Gasteiger partial charge is 0.192 e. The van der Waals surface area contributed by atoms with E-state index in [9.17, 15) is 5.53 Å². The summed E-state index contributed by atoms with van der Waals surface area (Å²) < 4.78 is 63.2. The van der Waals surface area contributed by atoms with Gasteiger partial charge < -0.3 is 33.2 Å². The molecule has 0 saturated carbocycles. The van der Waals surface area contributed by atoms with Gasteiger partial charge in [0, 0.05) is 4.91 Å². The molecule has 0 spiro atoms. The fraction of sp³-hybridized carbons (Fsp3) is 0.492. The molecule has 6 rings (SSSR count). The quantitative estimate of drug-likeness (QED) is 0.0172. The van der Waals surface area contributed by atoms with E-state index in [1.54, 1.807) is 0 Å². The van der Waals surface area contributed by atoms with Crippen molar-refractivity contribution in [3.8, 4) is 0 Å². The predicted octanol–water partition coefficient (Wildman–Crippen LogP) is 14.4. The van der Waals surface area contributed by atoms with E-state index in [0.717, 1.165) is 47.1 Å². The molecule has 11 heteroatoms. The Hall–Kier alpha value is -4.94. The van der Waals surface area contributed by atoms with E-state index in [1.165, 1.54) is 57.8 Å². The summed E-state index contributed by atoms with van der Waals surface area (Å²) in [4.78, 5) is 3.30. The monoisotopic (exact) mass is 958 g/mol. The van der Waals surface area contributed by atoms with Gasteiger partial charge in [0.2, 0.25) is 0 Å². The fourth-order valence-corrected chi connectivity index (χ4v) is 8.92. The molecule has 1 aliphatic heterocycles. The molecule has 8 atom stereocenters. The van der Waals surface area contributed by atoms with Gasteiger partial charge in [-0.2, -0.15) is 0 Å². The summed E-state index contributed by atoms with van der Waals surface area (Å²) in [7, 11) is 0. The van der Waals surface area contributed by atoms with Crippen molar-refractivity contribution in [2.24, 2.45) is 5.11 Å². The first kappa shape index (κ1) is 54.4. The Morgan fingerprint density at radius 2 is 0.957 bits per heavy atom. The van der Waals surface area contributed by atoms with Crippen LogP contribution < -0.4 is 0 Å². The van der Waals surface area contributed by atoms with Crippen LogP contribution in [0.4, 0.5) is 4.39 Å². The number of hydrogen-bond acceptors (Lipinski definition) is 8. The van der Waals surface area contributed by atoms with E-state index >= 15 is 4.39 Å². The number of benzene rings is 5. The van der Waals surface area contributed by atoms with Crippen LogP contribution in [-0.2, 0) is 66.2 Å². The molecule has 1 aliphatic rings. The summed E-state index contributed by atoms with van der Waals surface area (Å²) in [5, 5.41) is 4.30. The lowest BCUT2D eigenvalue weighted by molar-refractivity contribution is -0.307. The van der Waals surface area contributed by atoms with Gasteiger partial charge in [-0.25, -0.2) is 4.39 Å². The molecule has 10 nitrogen and oxygen atoms in total. The number of hydrogen-bond donors (Lipinski definition) is 0. The van der Waals surface area contributed by atoms with Crippen molar-refractivity contribution in [1.82, 2.24) is 0 Å². The summed E-state index contributed by atoms with van der Waals surface area (Å²) in [6.07, 6.45) is 8.22. The second-order valence-corrected chi connectivity index (χ2v) is 18.4. The molecule has 5 aromatic rings. The highest BCUT2D eigenvalue weighted by atomic mass is 19.1. The van der Waals surface area contributed by atoms with E-state index in [1.807, 2.05) is 152 Å². The Kier molecular flexibility index (Phi) is 25.5. The highest BCUT2D eigenvalue weighted by Crippen LogP contribution is 2.32. The first-order valence-corrected chi connectivity index (χ1v) is 25.8. The van der Waals surface area contributed by atoms with Crippen molar-refractivity contribution in [2.75, 3.05) is 13.2 Å². The molecule has 0 aliphatic carbocycles. The molecule has 5 aromatic carbocycles. The van der Waals surface area contributed by atoms with E-state index in [4.69, 9.17) is 33.2 Å². The van der Waals surface area contributed by atoms with Crippen molar-refractivity contribution < 1.29 is 37.5 Å². The lowest BCUT2D eigenvalue weighted by Gasteiger charge is -2.43. The van der Waals surface area contributed by atoms with Gasteiger partial charge in [0.25, 0.3) is 0 Å². The summed E-state index contributed by atoms with van der Waals surface area (Å²) in [6, 6.07) is 48.2. The molecular formula is C59H76FN3O7. The molecule has 1 saturated heterocycles. The molecule has 1 fully saturated rings. The van der Waals surface area contributed by atoms with Gasteiger partial charge in [0.15, 0.2) is 12.5 Å². The van der Waals surface area contributed by atoms with Crippen LogP contribution in [-0.4, -0.2) is 62.2 Å². The van der Waals surface area contributed by atoms with Crippen LogP contribution in [0.2, 0.25) is 0 Å². The van der Waals surface area contributed by atoms with Crippen molar-refractivity contribution in [3.05, 3.63) is 190 Å². The molecule has 0 bridgehead atoms. The first-order valence-electron chi connectivity index (χ1n) is 25.8. The molecule has 0 radical (unpaired) electrons. The number of azide groups is 1. The van der Waals surface area contributed by atoms with Gasteiger partial charge in [-0.1, -0.05) is 241 Å². The largest absolute Gasteiger partial charge is 0.374 e. The van der Waals surface area contributed by atoms with Gasteiger partial charge in [-0.3, -0.25) is 0 Å². The molecule has 0 unspecified atom stereocenters. The standard InChI is InChI=1S/C59H76FN3O7/c1-2-3-4-5-6-7-8-9-10-11-12-28-39-53(65-41-48-31-20-14-21-32-48)56(66-42-49-33-22-15-23-34-49)52(62-63-61)45-69-59-55(60)58(68-44-51-37-26-17-27-38-51)57(67-43-50-35-24-16-25-36-50)54(70-59)46-64-40-47-29-18-13-19-30-47/h13-27,29-38,52-59H,2-12,28,39-46H2,1H3/t52-,53+,54+,55+,56-,57-,58+,59+/m0/s1. The number of nitrogens with zero attached hydrogens (tertiary/aromatic N) is 3. The zero-order chi connectivity index (χ0) is 48.7. The number of ether oxygens (including phenoxy) is 7. The van der Waals surface area contributed by atoms with E-state index < -0.39 is 49.0 Å². The van der Waals surface area contributed by atoms with Crippen molar-refractivity contribution >= 4 is 0 Å². The lowest BCUT2D eigenvalue weighted by Crippen LogP contribution is -2.60. The number of halogens is 1. The maximum Gasteiger partial charge on any atom is 0.192 e. The van der Waals surface area contributed by atoms with E-state index in [0.29, 0.717) is 19.6 Å². The summed E-state index contributed by atoms with van der Waals surface area (Å²) in [5.41, 5.74) is 14.9. The van der Waals surface area contributed by atoms with Crippen LogP contribution in [0.25, 0.3) is 10.4 Å². The average Bonchev–Trinajstić information content (AvgIpc) is 3.40.